The van der Waals surface area contributed by atoms with Crippen molar-refractivity contribution in [2.75, 3.05) is 6.54 Å². The van der Waals surface area contributed by atoms with Crippen molar-refractivity contribution < 1.29 is 9.59 Å². The lowest BCUT2D eigenvalue weighted by Crippen LogP contribution is -2.19. The zero-order valence-electron chi connectivity index (χ0n) is 8.71. The molecule has 0 atom stereocenters. The van der Waals surface area contributed by atoms with E-state index in [2.05, 4.69) is 17.2 Å². The summed E-state index contributed by atoms with van der Waals surface area (Å²) in [6, 6.07) is 5.05. The molecule has 0 aromatic heterocycles. The molecule has 16 heavy (non-hydrogen) atoms. The minimum atomic E-state index is -0.143. The van der Waals surface area contributed by atoms with E-state index in [0.717, 1.165) is 0 Å². The lowest BCUT2D eigenvalue weighted by molar-refractivity contribution is -0.118. The maximum atomic E-state index is 10.8. The predicted octanol–water partition coefficient (Wildman–Crippen LogP) is 1.64. The van der Waals surface area contributed by atoms with Crippen LogP contribution in [0.2, 0.25) is 5.02 Å². The smallest absolute Gasteiger partial charge is 0.217 e. The minimum Gasteiger partial charge on any atom is -0.345 e. The maximum absolute atomic E-state index is 10.8. The number of carbonyl (C=O) groups excluding carboxylic acids is 2. The number of amides is 1. The number of halogens is 1. The Morgan fingerprint density at radius 3 is 2.94 bits per heavy atom. The Labute approximate surface area is 98.8 Å². The Kier molecular flexibility index (Phi) is 4.56. The molecule has 0 heterocycles. The molecular formula is C12H10ClNO2. The summed E-state index contributed by atoms with van der Waals surface area (Å²) >= 11 is 5.82. The predicted molar refractivity (Wildman–Crippen MR) is 62.4 cm³/mol. The van der Waals surface area contributed by atoms with Crippen molar-refractivity contribution in [1.29, 1.82) is 0 Å². The van der Waals surface area contributed by atoms with Crippen molar-refractivity contribution in [2.45, 2.75) is 6.92 Å². The van der Waals surface area contributed by atoms with Gasteiger partial charge in [-0.05, 0) is 12.1 Å². The van der Waals surface area contributed by atoms with Crippen molar-refractivity contribution in [2.24, 2.45) is 0 Å². The second-order valence-corrected chi connectivity index (χ2v) is 3.44. The zero-order valence-corrected chi connectivity index (χ0v) is 9.47. The van der Waals surface area contributed by atoms with Crippen molar-refractivity contribution >= 4 is 23.8 Å². The summed E-state index contributed by atoms with van der Waals surface area (Å²) < 4.78 is 0. The van der Waals surface area contributed by atoms with Gasteiger partial charge in [0, 0.05) is 18.1 Å². The molecule has 82 valence electrons. The molecule has 4 heteroatoms. The second kappa shape index (κ2) is 5.94. The molecule has 0 spiro atoms. The van der Waals surface area contributed by atoms with Crippen molar-refractivity contribution in [3.05, 3.63) is 34.3 Å². The van der Waals surface area contributed by atoms with Crippen LogP contribution >= 0.6 is 11.6 Å². The highest BCUT2D eigenvalue weighted by Gasteiger charge is 2.02. The molecule has 1 aromatic carbocycles. The van der Waals surface area contributed by atoms with E-state index in [1.165, 1.54) is 6.92 Å². The SMILES string of the molecule is CC(=O)NCC#Cc1cccc(Cl)c1C=O. The molecule has 0 saturated heterocycles. The quantitative estimate of drug-likeness (QED) is 0.626. The zero-order chi connectivity index (χ0) is 12.0. The number of hydrogen-bond donors (Lipinski definition) is 1. The van der Waals surface area contributed by atoms with Crippen LogP contribution in [-0.2, 0) is 4.79 Å². The maximum Gasteiger partial charge on any atom is 0.217 e. The highest BCUT2D eigenvalue weighted by atomic mass is 35.5. The van der Waals surface area contributed by atoms with E-state index >= 15 is 0 Å². The van der Waals surface area contributed by atoms with Gasteiger partial charge in [0.15, 0.2) is 6.29 Å². The van der Waals surface area contributed by atoms with E-state index in [4.69, 9.17) is 11.6 Å². The number of rotatable bonds is 2. The van der Waals surface area contributed by atoms with Gasteiger partial charge in [-0.2, -0.15) is 0 Å². The summed E-state index contributed by atoms with van der Waals surface area (Å²) in [5, 5.41) is 2.91. The molecular weight excluding hydrogens is 226 g/mol. The summed E-state index contributed by atoms with van der Waals surface area (Å²) in [4.78, 5) is 21.3. The van der Waals surface area contributed by atoms with Gasteiger partial charge in [0.2, 0.25) is 5.91 Å². The Morgan fingerprint density at radius 2 is 2.31 bits per heavy atom. The molecule has 0 unspecified atom stereocenters. The Hall–Kier alpha value is -1.79. The number of aldehydes is 1. The number of benzene rings is 1. The summed E-state index contributed by atoms with van der Waals surface area (Å²) in [5.41, 5.74) is 0.937. The molecule has 0 radical (unpaired) electrons. The summed E-state index contributed by atoms with van der Waals surface area (Å²) in [7, 11) is 0. The lowest BCUT2D eigenvalue weighted by atomic mass is 10.1. The van der Waals surface area contributed by atoms with Crippen molar-refractivity contribution in [3.63, 3.8) is 0 Å². The normalized spacial score (nSPS) is 8.88. The fraction of sp³-hybridized carbons (Fsp3) is 0.167. The van der Waals surface area contributed by atoms with E-state index in [0.29, 0.717) is 22.4 Å². The lowest BCUT2D eigenvalue weighted by Gasteiger charge is -1.98. The summed E-state index contributed by atoms with van der Waals surface area (Å²) in [5.74, 6) is 5.37. The van der Waals surface area contributed by atoms with Crippen LogP contribution in [0, 0.1) is 11.8 Å². The molecule has 0 aliphatic rings. The molecule has 1 amide bonds. The van der Waals surface area contributed by atoms with E-state index in [-0.39, 0.29) is 12.5 Å². The standard InChI is InChI=1S/C12H10ClNO2/c1-9(16)14-7-3-5-10-4-2-6-12(13)11(10)8-15/h2,4,6,8H,7H2,1H3,(H,14,16). The van der Waals surface area contributed by atoms with Gasteiger partial charge in [-0.15, -0.1) is 0 Å². The minimum absolute atomic E-state index is 0.143. The van der Waals surface area contributed by atoms with Gasteiger partial charge in [0.25, 0.3) is 0 Å². The third-order valence-electron chi connectivity index (χ3n) is 1.82. The number of nitrogens with one attached hydrogen (secondary N) is 1. The van der Waals surface area contributed by atoms with E-state index in [1.54, 1.807) is 18.2 Å². The highest BCUT2D eigenvalue weighted by Crippen LogP contribution is 2.16. The topological polar surface area (TPSA) is 46.2 Å². The van der Waals surface area contributed by atoms with Crippen molar-refractivity contribution in [3.8, 4) is 11.8 Å². The first-order valence-corrected chi connectivity index (χ1v) is 5.00. The van der Waals surface area contributed by atoms with Crippen LogP contribution in [0.5, 0.6) is 0 Å². The fourth-order valence-corrected chi connectivity index (χ4v) is 1.29. The van der Waals surface area contributed by atoms with Gasteiger partial charge in [0.1, 0.15) is 0 Å². The number of hydrogen-bond acceptors (Lipinski definition) is 2. The average molecular weight is 236 g/mol. The first kappa shape index (κ1) is 12.3. The fourth-order valence-electron chi connectivity index (χ4n) is 1.07. The van der Waals surface area contributed by atoms with Gasteiger partial charge in [-0.1, -0.05) is 29.5 Å². The van der Waals surface area contributed by atoms with Crippen LogP contribution in [0.4, 0.5) is 0 Å². The van der Waals surface area contributed by atoms with Crippen LogP contribution in [0.15, 0.2) is 18.2 Å². The highest BCUT2D eigenvalue weighted by molar-refractivity contribution is 6.33. The van der Waals surface area contributed by atoms with E-state index < -0.39 is 0 Å². The number of carbonyl (C=O) groups is 2. The van der Waals surface area contributed by atoms with Crippen LogP contribution in [-0.4, -0.2) is 18.7 Å². The molecule has 1 aromatic rings. The third-order valence-corrected chi connectivity index (χ3v) is 2.15. The van der Waals surface area contributed by atoms with Gasteiger partial charge in [-0.3, -0.25) is 9.59 Å². The van der Waals surface area contributed by atoms with Crippen LogP contribution in [0.3, 0.4) is 0 Å². The third kappa shape index (κ3) is 3.41. The monoisotopic (exact) mass is 235 g/mol. The average Bonchev–Trinajstić information content (AvgIpc) is 2.24. The molecule has 1 N–H and O–H groups in total. The molecule has 0 saturated carbocycles. The Morgan fingerprint density at radius 1 is 1.56 bits per heavy atom. The van der Waals surface area contributed by atoms with Crippen LogP contribution < -0.4 is 5.32 Å². The Bertz CT molecular complexity index is 472. The van der Waals surface area contributed by atoms with E-state index in [1.807, 2.05) is 0 Å². The van der Waals surface area contributed by atoms with Gasteiger partial charge in [-0.25, -0.2) is 0 Å². The first-order valence-electron chi connectivity index (χ1n) is 4.62. The molecule has 0 aliphatic carbocycles. The summed E-state index contributed by atoms with van der Waals surface area (Å²) in [6.07, 6.45) is 0.671. The van der Waals surface area contributed by atoms with E-state index in [9.17, 15) is 9.59 Å². The molecule has 1 rings (SSSR count). The van der Waals surface area contributed by atoms with Crippen LogP contribution in [0.25, 0.3) is 0 Å². The van der Waals surface area contributed by atoms with Crippen LogP contribution in [0.1, 0.15) is 22.8 Å². The van der Waals surface area contributed by atoms with Gasteiger partial charge >= 0.3 is 0 Å². The summed E-state index contributed by atoms with van der Waals surface area (Å²) in [6.45, 7) is 1.66. The molecule has 0 bridgehead atoms. The largest absolute Gasteiger partial charge is 0.345 e. The molecule has 0 fully saturated rings. The first-order chi connectivity index (χ1) is 7.65. The molecule has 0 aliphatic heterocycles. The Balaban J connectivity index is 2.84. The van der Waals surface area contributed by atoms with Crippen molar-refractivity contribution in [1.82, 2.24) is 5.32 Å². The molecule has 3 nitrogen and oxygen atoms in total. The van der Waals surface area contributed by atoms with Gasteiger partial charge in [0.05, 0.1) is 11.6 Å². The van der Waals surface area contributed by atoms with Gasteiger partial charge < -0.3 is 5.32 Å². The second-order valence-electron chi connectivity index (χ2n) is 3.03.